The number of aliphatic hydroxyl groups excluding tert-OH is 1. The smallest absolute Gasteiger partial charge is 0.105 e. The molecule has 0 bridgehead atoms. The first-order valence-corrected chi connectivity index (χ1v) is 5.53. The highest BCUT2D eigenvalue weighted by Gasteiger charge is 2.11. The van der Waals surface area contributed by atoms with Gasteiger partial charge in [-0.25, -0.2) is 0 Å². The van der Waals surface area contributed by atoms with Crippen molar-refractivity contribution in [2.24, 2.45) is 5.92 Å². The quantitative estimate of drug-likeness (QED) is 0.826. The van der Waals surface area contributed by atoms with Crippen molar-refractivity contribution in [3.05, 3.63) is 18.0 Å². The lowest BCUT2D eigenvalue weighted by Crippen LogP contribution is -2.13. The molecule has 0 aliphatic rings. The minimum Gasteiger partial charge on any atom is -0.386 e. The molecule has 0 saturated heterocycles. The molecule has 1 heterocycles. The fraction of sp³-hybridized carbons (Fsp3) is 0.667. The lowest BCUT2D eigenvalue weighted by Gasteiger charge is -2.12. The first-order valence-electron chi connectivity index (χ1n) is 4.41. The number of nitrogens with zero attached hydrogens (tertiary/aromatic N) is 2. The number of hydrogen-bond donors (Lipinski definition) is 1. The molecule has 0 spiro atoms. The summed E-state index contributed by atoms with van der Waals surface area (Å²) in [6.07, 6.45) is 1.27. The molecule has 0 amide bonds. The zero-order chi connectivity index (χ0) is 9.84. The summed E-state index contributed by atoms with van der Waals surface area (Å²) in [6.45, 7) is 5.12. The van der Waals surface area contributed by atoms with Gasteiger partial charge in [0.25, 0.3) is 0 Å². The van der Waals surface area contributed by atoms with Crippen molar-refractivity contribution in [1.29, 1.82) is 0 Å². The Hall–Kier alpha value is -0.350. The Morgan fingerprint density at radius 2 is 2.31 bits per heavy atom. The van der Waals surface area contributed by atoms with Crippen LogP contribution in [0.15, 0.2) is 12.3 Å². The molecular formula is C9H15BrN2O. The maximum absolute atomic E-state index is 9.60. The zero-order valence-corrected chi connectivity index (χ0v) is 9.53. The van der Waals surface area contributed by atoms with Gasteiger partial charge in [-0.1, -0.05) is 29.8 Å². The minimum atomic E-state index is -0.457. The SMILES string of the molecule is CC(C)Cn1nccc1C(O)CBr. The maximum Gasteiger partial charge on any atom is 0.105 e. The number of aliphatic hydroxyl groups is 1. The van der Waals surface area contributed by atoms with E-state index in [1.807, 2.05) is 10.7 Å². The molecular weight excluding hydrogens is 232 g/mol. The van der Waals surface area contributed by atoms with Gasteiger partial charge >= 0.3 is 0 Å². The Labute approximate surface area is 86.9 Å². The van der Waals surface area contributed by atoms with Crippen LogP contribution in [0.4, 0.5) is 0 Å². The molecule has 4 heteroatoms. The van der Waals surface area contributed by atoms with Crippen LogP contribution in [-0.4, -0.2) is 20.2 Å². The number of halogens is 1. The van der Waals surface area contributed by atoms with Gasteiger partial charge in [0.1, 0.15) is 6.10 Å². The summed E-state index contributed by atoms with van der Waals surface area (Å²) in [7, 11) is 0. The molecule has 74 valence electrons. The second-order valence-corrected chi connectivity index (χ2v) is 4.15. The summed E-state index contributed by atoms with van der Waals surface area (Å²) in [5.41, 5.74) is 0.880. The van der Waals surface area contributed by atoms with Crippen molar-refractivity contribution < 1.29 is 5.11 Å². The lowest BCUT2D eigenvalue weighted by molar-refractivity contribution is 0.191. The summed E-state index contributed by atoms with van der Waals surface area (Å²) in [5.74, 6) is 0.543. The standard InChI is InChI=1S/C9H15BrN2O/c1-7(2)6-12-8(3-4-11-12)9(13)5-10/h3-4,7,9,13H,5-6H2,1-2H3. The van der Waals surface area contributed by atoms with Gasteiger partial charge in [0, 0.05) is 18.1 Å². The molecule has 1 rings (SSSR count). The molecule has 0 aliphatic carbocycles. The van der Waals surface area contributed by atoms with Crippen LogP contribution < -0.4 is 0 Å². The molecule has 0 aliphatic heterocycles. The van der Waals surface area contributed by atoms with Gasteiger partial charge in [0.2, 0.25) is 0 Å². The average molecular weight is 247 g/mol. The molecule has 1 atom stereocenters. The maximum atomic E-state index is 9.60. The molecule has 1 aromatic rings. The molecule has 1 unspecified atom stereocenters. The van der Waals surface area contributed by atoms with Crippen LogP contribution in [0, 0.1) is 5.92 Å². The fourth-order valence-corrected chi connectivity index (χ4v) is 1.54. The molecule has 1 aromatic heterocycles. The molecule has 13 heavy (non-hydrogen) atoms. The first-order chi connectivity index (χ1) is 6.15. The van der Waals surface area contributed by atoms with Gasteiger partial charge in [-0.05, 0) is 12.0 Å². The third-order valence-corrected chi connectivity index (χ3v) is 2.39. The minimum absolute atomic E-state index is 0.457. The van der Waals surface area contributed by atoms with Crippen LogP contribution in [0.25, 0.3) is 0 Å². The highest BCUT2D eigenvalue weighted by Crippen LogP contribution is 2.15. The van der Waals surface area contributed by atoms with Crippen LogP contribution in [0.2, 0.25) is 0 Å². The van der Waals surface area contributed by atoms with Crippen LogP contribution in [0.1, 0.15) is 25.6 Å². The van der Waals surface area contributed by atoms with Crippen LogP contribution in [0.5, 0.6) is 0 Å². The van der Waals surface area contributed by atoms with Crippen molar-refractivity contribution >= 4 is 15.9 Å². The highest BCUT2D eigenvalue weighted by molar-refractivity contribution is 9.09. The molecule has 0 aromatic carbocycles. The fourth-order valence-electron chi connectivity index (χ4n) is 1.20. The largest absolute Gasteiger partial charge is 0.386 e. The topological polar surface area (TPSA) is 38.0 Å². The van der Waals surface area contributed by atoms with E-state index in [0.29, 0.717) is 11.2 Å². The van der Waals surface area contributed by atoms with E-state index < -0.39 is 6.10 Å². The third-order valence-electron chi connectivity index (χ3n) is 1.78. The van der Waals surface area contributed by atoms with Crippen molar-refractivity contribution in [1.82, 2.24) is 9.78 Å². The Balaban J connectivity index is 2.76. The number of hydrogen-bond acceptors (Lipinski definition) is 2. The number of aromatic nitrogens is 2. The van der Waals surface area contributed by atoms with E-state index in [0.717, 1.165) is 12.2 Å². The third kappa shape index (κ3) is 2.81. The monoisotopic (exact) mass is 246 g/mol. The molecule has 1 N–H and O–H groups in total. The second-order valence-electron chi connectivity index (χ2n) is 3.50. The van der Waals surface area contributed by atoms with E-state index in [4.69, 9.17) is 0 Å². The van der Waals surface area contributed by atoms with E-state index in [2.05, 4.69) is 34.9 Å². The van der Waals surface area contributed by atoms with Gasteiger partial charge in [-0.3, -0.25) is 4.68 Å². The predicted octanol–water partition coefficient (Wildman–Crippen LogP) is 1.97. The average Bonchev–Trinajstić information content (AvgIpc) is 2.50. The van der Waals surface area contributed by atoms with Crippen molar-refractivity contribution in [2.75, 3.05) is 5.33 Å². The molecule has 0 radical (unpaired) electrons. The predicted molar refractivity (Wildman–Crippen MR) is 55.8 cm³/mol. The van der Waals surface area contributed by atoms with E-state index in [1.165, 1.54) is 0 Å². The highest BCUT2D eigenvalue weighted by atomic mass is 79.9. The van der Waals surface area contributed by atoms with Gasteiger partial charge in [0.05, 0.1) is 5.69 Å². The summed E-state index contributed by atoms with van der Waals surface area (Å²) in [5, 5.41) is 14.3. The normalized spacial score (nSPS) is 13.6. The van der Waals surface area contributed by atoms with E-state index in [1.54, 1.807) is 6.20 Å². The van der Waals surface area contributed by atoms with Crippen LogP contribution in [0.3, 0.4) is 0 Å². The first kappa shape index (κ1) is 10.7. The summed E-state index contributed by atoms with van der Waals surface area (Å²) < 4.78 is 1.86. The molecule has 3 nitrogen and oxygen atoms in total. The summed E-state index contributed by atoms with van der Waals surface area (Å²) in [4.78, 5) is 0. The van der Waals surface area contributed by atoms with Gasteiger partial charge in [-0.15, -0.1) is 0 Å². The molecule has 0 fully saturated rings. The van der Waals surface area contributed by atoms with Gasteiger partial charge in [0.15, 0.2) is 0 Å². The van der Waals surface area contributed by atoms with Crippen molar-refractivity contribution in [3.8, 4) is 0 Å². The molecule has 0 saturated carbocycles. The Bertz CT molecular complexity index is 260. The van der Waals surface area contributed by atoms with Gasteiger partial charge in [-0.2, -0.15) is 5.10 Å². The van der Waals surface area contributed by atoms with E-state index in [9.17, 15) is 5.11 Å². The van der Waals surface area contributed by atoms with Crippen LogP contribution in [-0.2, 0) is 6.54 Å². The Morgan fingerprint density at radius 3 is 2.85 bits per heavy atom. The number of alkyl halides is 1. The number of rotatable bonds is 4. The van der Waals surface area contributed by atoms with Crippen LogP contribution >= 0.6 is 15.9 Å². The van der Waals surface area contributed by atoms with E-state index >= 15 is 0 Å². The van der Waals surface area contributed by atoms with Crippen molar-refractivity contribution in [3.63, 3.8) is 0 Å². The lowest BCUT2D eigenvalue weighted by atomic mass is 10.2. The van der Waals surface area contributed by atoms with E-state index in [-0.39, 0.29) is 0 Å². The second kappa shape index (κ2) is 4.77. The van der Waals surface area contributed by atoms with Gasteiger partial charge < -0.3 is 5.11 Å². The summed E-state index contributed by atoms with van der Waals surface area (Å²) in [6, 6.07) is 1.86. The zero-order valence-electron chi connectivity index (χ0n) is 7.94. The summed E-state index contributed by atoms with van der Waals surface area (Å²) >= 11 is 3.25. The Kier molecular flexibility index (Phi) is 3.93. The Morgan fingerprint density at radius 1 is 1.62 bits per heavy atom. The van der Waals surface area contributed by atoms with Crippen molar-refractivity contribution in [2.45, 2.75) is 26.5 Å².